The molecule has 0 amide bonds. The number of rotatable bonds is 8. The number of nitrogens with zero attached hydrogens (tertiary/aromatic N) is 1. The summed E-state index contributed by atoms with van der Waals surface area (Å²) < 4.78 is 10.8. The van der Waals surface area contributed by atoms with Crippen molar-refractivity contribution in [3.63, 3.8) is 0 Å². The predicted molar refractivity (Wildman–Crippen MR) is 148 cm³/mol. The number of hydrogen-bond acceptors (Lipinski definition) is 4. The molecule has 1 saturated heterocycles. The Balaban J connectivity index is 1.42. The van der Waals surface area contributed by atoms with E-state index in [1.54, 1.807) is 7.11 Å². The molecular weight excluding hydrogens is 468 g/mol. The highest BCUT2D eigenvalue weighted by Gasteiger charge is 2.30. The van der Waals surface area contributed by atoms with Crippen LogP contribution in [0.5, 0.6) is 5.75 Å². The third-order valence-corrected chi connectivity index (χ3v) is 8.58. The first-order chi connectivity index (χ1) is 17.4. The molecule has 0 saturated carbocycles. The highest BCUT2D eigenvalue weighted by Crippen LogP contribution is 2.45. The summed E-state index contributed by atoms with van der Waals surface area (Å²) >= 11 is 6.42. The van der Waals surface area contributed by atoms with E-state index in [0.717, 1.165) is 54.6 Å². The Morgan fingerprint density at radius 2 is 1.92 bits per heavy atom. The van der Waals surface area contributed by atoms with E-state index in [4.69, 9.17) is 20.9 Å². The Kier molecular flexibility index (Phi) is 7.55. The van der Waals surface area contributed by atoms with Gasteiger partial charge in [0.05, 0.1) is 17.8 Å². The number of benzene rings is 2. The Hall–Kier alpha value is -2.56. The molecule has 1 aliphatic carbocycles. The molecule has 1 aromatic heterocycles. The van der Waals surface area contributed by atoms with Gasteiger partial charge in [-0.2, -0.15) is 0 Å². The van der Waals surface area contributed by atoms with Gasteiger partial charge in [0.1, 0.15) is 11.5 Å². The van der Waals surface area contributed by atoms with Crippen LogP contribution in [0.1, 0.15) is 66.7 Å². The van der Waals surface area contributed by atoms with Crippen molar-refractivity contribution in [2.75, 3.05) is 20.2 Å². The molecule has 2 aromatic carbocycles. The van der Waals surface area contributed by atoms with Gasteiger partial charge < -0.3 is 14.6 Å². The van der Waals surface area contributed by atoms with E-state index in [1.807, 2.05) is 26.0 Å². The largest absolute Gasteiger partial charge is 0.495 e. The average molecular weight is 505 g/mol. The number of aromatic nitrogens is 1. The number of halogens is 1. The molecule has 5 heteroatoms. The maximum Gasteiger partial charge on any atom is 0.141 e. The van der Waals surface area contributed by atoms with Gasteiger partial charge in [-0.25, -0.2) is 0 Å². The smallest absolute Gasteiger partial charge is 0.141 e. The monoisotopic (exact) mass is 504 g/mol. The van der Waals surface area contributed by atoms with E-state index in [0.29, 0.717) is 16.9 Å². The highest BCUT2D eigenvalue weighted by atomic mass is 35.5. The van der Waals surface area contributed by atoms with Crippen LogP contribution in [0.2, 0.25) is 5.02 Å². The van der Waals surface area contributed by atoms with E-state index >= 15 is 0 Å². The van der Waals surface area contributed by atoms with Crippen LogP contribution in [-0.4, -0.2) is 25.4 Å². The molecular formula is C31H37ClN2O2. The fourth-order valence-electron chi connectivity index (χ4n) is 6.22. The van der Waals surface area contributed by atoms with E-state index in [2.05, 4.69) is 47.7 Å². The van der Waals surface area contributed by atoms with Gasteiger partial charge in [0.15, 0.2) is 0 Å². The van der Waals surface area contributed by atoms with Crippen LogP contribution in [0.15, 0.2) is 46.5 Å². The summed E-state index contributed by atoms with van der Waals surface area (Å²) in [5, 5.41) is 8.38. The summed E-state index contributed by atoms with van der Waals surface area (Å²) in [6.07, 6.45) is 8.23. The zero-order valence-electron chi connectivity index (χ0n) is 21.9. The number of fused-ring (bicyclic) bond motifs is 1. The van der Waals surface area contributed by atoms with E-state index in [1.165, 1.54) is 47.1 Å². The molecule has 1 N–H and O–H groups in total. The van der Waals surface area contributed by atoms with Crippen molar-refractivity contribution in [1.29, 1.82) is 0 Å². The van der Waals surface area contributed by atoms with E-state index < -0.39 is 0 Å². The zero-order valence-corrected chi connectivity index (χ0v) is 22.6. The van der Waals surface area contributed by atoms with Crippen molar-refractivity contribution in [2.24, 2.45) is 11.8 Å². The lowest BCUT2D eigenvalue weighted by Gasteiger charge is -2.31. The van der Waals surface area contributed by atoms with Crippen LogP contribution in [-0.2, 0) is 6.42 Å². The van der Waals surface area contributed by atoms with Gasteiger partial charge in [0, 0.05) is 11.5 Å². The maximum absolute atomic E-state index is 6.42. The maximum atomic E-state index is 6.42. The second kappa shape index (κ2) is 10.8. The molecule has 3 aromatic rings. The molecule has 2 aliphatic rings. The fourth-order valence-corrected chi connectivity index (χ4v) is 6.50. The number of methoxy groups -OCH3 is 1. The third kappa shape index (κ3) is 5.12. The van der Waals surface area contributed by atoms with Gasteiger partial charge in [0.25, 0.3) is 0 Å². The van der Waals surface area contributed by atoms with Gasteiger partial charge in [-0.15, -0.1) is 0 Å². The van der Waals surface area contributed by atoms with Crippen LogP contribution >= 0.6 is 11.6 Å². The molecule has 2 atom stereocenters. The number of allylic oxidation sites excluding steroid dienone is 1. The number of hydrogen-bond donors (Lipinski definition) is 1. The first kappa shape index (κ1) is 25.1. The minimum Gasteiger partial charge on any atom is -0.495 e. The molecule has 190 valence electrons. The standard InChI is InChI=1S/C31H37ClN2O2/c1-19(23-11-13-33-14-12-23)15-28-24(7-5-22-6-10-30(35-4)29(32)16-22)17-26-18-25(8-9-27(26)28)31-20(2)34-36-21(31)3/h6,8-10,16-19,23,28,33H,5,7,11-15H2,1-4H3/t19-,28?/m0/s1. The fraction of sp³-hybridized carbons (Fsp3) is 0.452. The Labute approximate surface area is 220 Å². The van der Waals surface area contributed by atoms with Crippen molar-refractivity contribution >= 4 is 17.7 Å². The topological polar surface area (TPSA) is 47.3 Å². The highest BCUT2D eigenvalue weighted by molar-refractivity contribution is 6.32. The average Bonchev–Trinajstić information content (AvgIpc) is 3.41. The van der Waals surface area contributed by atoms with Gasteiger partial charge in [-0.1, -0.05) is 53.5 Å². The lowest BCUT2D eigenvalue weighted by molar-refractivity contribution is 0.256. The molecule has 5 rings (SSSR count). The lowest BCUT2D eigenvalue weighted by atomic mass is 9.77. The zero-order chi connectivity index (χ0) is 25.2. The second-order valence-electron chi connectivity index (χ2n) is 10.6. The van der Waals surface area contributed by atoms with Crippen LogP contribution < -0.4 is 10.1 Å². The first-order valence-corrected chi connectivity index (χ1v) is 13.6. The van der Waals surface area contributed by atoms with Crippen LogP contribution in [0.25, 0.3) is 17.2 Å². The van der Waals surface area contributed by atoms with Crippen LogP contribution in [0, 0.1) is 25.7 Å². The van der Waals surface area contributed by atoms with Gasteiger partial charge in [-0.3, -0.25) is 0 Å². The predicted octanol–water partition coefficient (Wildman–Crippen LogP) is 7.76. The summed E-state index contributed by atoms with van der Waals surface area (Å²) in [6.45, 7) is 8.78. The minimum absolute atomic E-state index is 0.470. The normalized spacial score (nSPS) is 18.7. The molecule has 4 nitrogen and oxygen atoms in total. The summed E-state index contributed by atoms with van der Waals surface area (Å²) in [6, 6.07) is 13.1. The van der Waals surface area contributed by atoms with Crippen molar-refractivity contribution < 1.29 is 9.26 Å². The second-order valence-corrected chi connectivity index (χ2v) is 11.0. The van der Waals surface area contributed by atoms with E-state index in [-0.39, 0.29) is 0 Å². The number of nitrogens with one attached hydrogen (secondary N) is 1. The summed E-state index contributed by atoms with van der Waals surface area (Å²) in [4.78, 5) is 0. The molecule has 1 fully saturated rings. The van der Waals surface area contributed by atoms with Crippen molar-refractivity contribution in [1.82, 2.24) is 10.5 Å². The molecule has 36 heavy (non-hydrogen) atoms. The number of piperidine rings is 1. The van der Waals surface area contributed by atoms with Gasteiger partial charge >= 0.3 is 0 Å². The molecule has 1 aliphatic heterocycles. The Morgan fingerprint density at radius 1 is 1.11 bits per heavy atom. The molecule has 1 unspecified atom stereocenters. The SMILES string of the molecule is COc1ccc(CCC2=Cc3cc(-c4c(C)noc4C)ccc3C2C[C@H](C)C2CCNCC2)cc1Cl. The summed E-state index contributed by atoms with van der Waals surface area (Å²) in [7, 11) is 1.66. The quantitative estimate of drug-likeness (QED) is 0.340. The minimum atomic E-state index is 0.470. The number of aryl methyl sites for hydroxylation is 3. The van der Waals surface area contributed by atoms with Crippen LogP contribution in [0.4, 0.5) is 0 Å². The molecule has 0 radical (unpaired) electrons. The van der Waals surface area contributed by atoms with Gasteiger partial charge in [-0.05, 0) is 111 Å². The summed E-state index contributed by atoms with van der Waals surface area (Å²) in [5.41, 5.74) is 8.85. The van der Waals surface area contributed by atoms with Gasteiger partial charge in [0.2, 0.25) is 0 Å². The molecule has 2 heterocycles. The Morgan fingerprint density at radius 3 is 2.61 bits per heavy atom. The van der Waals surface area contributed by atoms with Crippen molar-refractivity contribution in [3.8, 4) is 16.9 Å². The molecule has 0 spiro atoms. The molecule has 0 bridgehead atoms. The first-order valence-electron chi connectivity index (χ1n) is 13.3. The third-order valence-electron chi connectivity index (χ3n) is 8.29. The lowest BCUT2D eigenvalue weighted by Crippen LogP contribution is -2.31. The number of ether oxygens (including phenoxy) is 1. The van der Waals surface area contributed by atoms with Crippen LogP contribution in [0.3, 0.4) is 0 Å². The van der Waals surface area contributed by atoms with Crippen molar-refractivity contribution in [2.45, 2.75) is 58.8 Å². The summed E-state index contributed by atoms with van der Waals surface area (Å²) in [5.74, 6) is 3.58. The Bertz CT molecular complexity index is 1240. The van der Waals surface area contributed by atoms with Crippen molar-refractivity contribution in [3.05, 3.63) is 75.1 Å². The van der Waals surface area contributed by atoms with E-state index in [9.17, 15) is 0 Å².